The molecule has 0 aliphatic carbocycles. The van der Waals surface area contributed by atoms with Crippen molar-refractivity contribution in [1.82, 2.24) is 0 Å². The lowest BCUT2D eigenvalue weighted by Crippen LogP contribution is -2.88. The third-order valence-electron chi connectivity index (χ3n) is 4.51. The molecule has 2 rings (SSSR count). The fourth-order valence-corrected chi connectivity index (χ4v) is 3.46. The van der Waals surface area contributed by atoms with E-state index in [2.05, 4.69) is 50.4 Å². The number of nitrogens with one attached hydrogen (secondary N) is 1. The molecule has 0 fully saturated rings. The van der Waals surface area contributed by atoms with Crippen LogP contribution in [0.3, 0.4) is 0 Å². The maximum absolute atomic E-state index is 12.3. The van der Waals surface area contributed by atoms with Crippen LogP contribution in [0.5, 0.6) is 0 Å². The maximum atomic E-state index is 12.3. The molecule has 6 nitrogen and oxygen atoms in total. The first-order chi connectivity index (χ1) is 12.7. The molecule has 27 heavy (non-hydrogen) atoms. The Hall–Kier alpha value is -2.22. The second kappa shape index (κ2) is 9.12. The van der Waals surface area contributed by atoms with Gasteiger partial charge in [0.2, 0.25) is 10.0 Å². The van der Waals surface area contributed by atoms with Crippen LogP contribution in [0.1, 0.15) is 37.9 Å². The van der Waals surface area contributed by atoms with Crippen LogP contribution < -0.4 is 15.8 Å². The van der Waals surface area contributed by atoms with Crippen molar-refractivity contribution in [3.63, 3.8) is 0 Å². The lowest BCUT2D eigenvalue weighted by molar-refractivity contribution is -0.692. The molecule has 1 atom stereocenters. The van der Waals surface area contributed by atoms with Crippen molar-refractivity contribution in [2.24, 2.45) is 11.1 Å². The van der Waals surface area contributed by atoms with Crippen LogP contribution in [-0.4, -0.2) is 20.9 Å². The largest absolute Gasteiger partial charge is 0.332 e. The summed E-state index contributed by atoms with van der Waals surface area (Å²) in [6, 6.07) is 14.5. The first-order valence-electron chi connectivity index (χ1n) is 9.05. The van der Waals surface area contributed by atoms with E-state index in [0.29, 0.717) is 11.6 Å². The van der Waals surface area contributed by atoms with E-state index in [1.165, 1.54) is 35.4 Å². The van der Waals surface area contributed by atoms with E-state index in [0.717, 1.165) is 6.42 Å². The Morgan fingerprint density at radius 1 is 1.07 bits per heavy atom. The highest BCUT2D eigenvalue weighted by atomic mass is 32.2. The van der Waals surface area contributed by atoms with Crippen LogP contribution >= 0.6 is 0 Å². The van der Waals surface area contributed by atoms with Gasteiger partial charge in [-0.1, -0.05) is 45.0 Å². The van der Waals surface area contributed by atoms with Crippen LogP contribution in [-0.2, 0) is 21.2 Å². The van der Waals surface area contributed by atoms with Crippen molar-refractivity contribution in [3.05, 3.63) is 59.7 Å². The Balaban J connectivity index is 1.97. The zero-order valence-corrected chi connectivity index (χ0v) is 16.8. The highest BCUT2D eigenvalue weighted by Crippen LogP contribution is 2.18. The molecule has 5 N–H and O–H groups in total. The van der Waals surface area contributed by atoms with Crippen molar-refractivity contribution >= 4 is 21.6 Å². The molecule has 146 valence electrons. The van der Waals surface area contributed by atoms with Gasteiger partial charge in [0.25, 0.3) is 5.91 Å². The van der Waals surface area contributed by atoms with Crippen LogP contribution in [0.25, 0.3) is 0 Å². The van der Waals surface area contributed by atoms with Crippen molar-refractivity contribution in [2.75, 3.05) is 11.9 Å². The standard InChI is InChI=1S/C20H27N3O3S/c1-4-15-5-7-16(8-6-15)20(14(2)3)22-13-19(24)23-17-9-11-18(12-10-17)27(21,25)26/h5-12,14,20,22H,4,13H2,1-3H3,(H,23,24)(H2,21,25,26)/p+1/t20-/m1/s1. The van der Waals surface area contributed by atoms with Gasteiger partial charge < -0.3 is 10.6 Å². The van der Waals surface area contributed by atoms with E-state index in [9.17, 15) is 13.2 Å². The van der Waals surface area contributed by atoms with E-state index in [-0.39, 0.29) is 23.4 Å². The zero-order valence-electron chi connectivity index (χ0n) is 16.0. The van der Waals surface area contributed by atoms with Gasteiger partial charge in [-0.3, -0.25) is 4.79 Å². The minimum absolute atomic E-state index is 0.0162. The second-order valence-electron chi connectivity index (χ2n) is 6.92. The number of rotatable bonds is 8. The van der Waals surface area contributed by atoms with E-state index >= 15 is 0 Å². The molecule has 0 radical (unpaired) electrons. The zero-order chi connectivity index (χ0) is 20.0. The molecule has 0 aliphatic rings. The lowest BCUT2D eigenvalue weighted by Gasteiger charge is -2.20. The average molecular weight is 391 g/mol. The number of benzene rings is 2. The van der Waals surface area contributed by atoms with E-state index < -0.39 is 10.0 Å². The number of sulfonamides is 1. The Morgan fingerprint density at radius 2 is 1.67 bits per heavy atom. The molecule has 0 heterocycles. The van der Waals surface area contributed by atoms with Crippen LogP contribution in [0.2, 0.25) is 0 Å². The normalized spacial score (nSPS) is 12.8. The molecule has 7 heteroatoms. The van der Waals surface area contributed by atoms with Gasteiger partial charge in [-0.15, -0.1) is 0 Å². The monoisotopic (exact) mass is 390 g/mol. The Kier molecular flexibility index (Phi) is 7.12. The predicted molar refractivity (Wildman–Crippen MR) is 107 cm³/mol. The maximum Gasteiger partial charge on any atom is 0.279 e. The molecule has 2 aromatic rings. The summed E-state index contributed by atoms with van der Waals surface area (Å²) in [7, 11) is -3.73. The quantitative estimate of drug-likeness (QED) is 0.640. The van der Waals surface area contributed by atoms with E-state index in [4.69, 9.17) is 5.14 Å². The smallest absolute Gasteiger partial charge is 0.279 e. The molecule has 0 unspecified atom stereocenters. The third kappa shape index (κ3) is 6.16. The van der Waals surface area contributed by atoms with Crippen molar-refractivity contribution in [1.29, 1.82) is 0 Å². The number of amides is 1. The number of anilines is 1. The number of aryl methyl sites for hydroxylation is 1. The van der Waals surface area contributed by atoms with Crippen LogP contribution in [0.4, 0.5) is 5.69 Å². The SMILES string of the molecule is CCc1ccc([C@H]([NH2+]CC(=O)Nc2ccc(S(N)(=O)=O)cc2)C(C)C)cc1. The van der Waals surface area contributed by atoms with Gasteiger partial charge in [0, 0.05) is 17.2 Å². The van der Waals surface area contributed by atoms with Gasteiger partial charge in [0.1, 0.15) is 6.04 Å². The average Bonchev–Trinajstić information content (AvgIpc) is 2.62. The molecular formula is C20H28N3O3S+. The number of hydrogen-bond acceptors (Lipinski definition) is 3. The first-order valence-corrected chi connectivity index (χ1v) is 10.6. The minimum atomic E-state index is -3.73. The van der Waals surface area contributed by atoms with Gasteiger partial charge in [0.15, 0.2) is 6.54 Å². The summed E-state index contributed by atoms with van der Waals surface area (Å²) < 4.78 is 22.5. The van der Waals surface area contributed by atoms with Crippen LogP contribution in [0.15, 0.2) is 53.4 Å². The fraction of sp³-hybridized carbons (Fsp3) is 0.350. The molecule has 2 aromatic carbocycles. The topological polar surface area (TPSA) is 106 Å². The highest BCUT2D eigenvalue weighted by Gasteiger charge is 2.20. The van der Waals surface area contributed by atoms with E-state index in [1.54, 1.807) is 0 Å². The predicted octanol–water partition coefficient (Wildman–Crippen LogP) is 1.80. The Bertz CT molecular complexity index is 860. The highest BCUT2D eigenvalue weighted by molar-refractivity contribution is 7.89. The van der Waals surface area contributed by atoms with Crippen molar-refractivity contribution < 1.29 is 18.5 Å². The third-order valence-corrected chi connectivity index (χ3v) is 5.44. The van der Waals surface area contributed by atoms with Crippen molar-refractivity contribution in [3.8, 4) is 0 Å². The van der Waals surface area contributed by atoms with Gasteiger partial charge in [-0.05, 0) is 36.2 Å². The number of primary sulfonamides is 1. The molecule has 0 aliphatic heterocycles. The summed E-state index contributed by atoms with van der Waals surface area (Å²) in [6.45, 7) is 6.67. The van der Waals surface area contributed by atoms with Gasteiger partial charge in [-0.25, -0.2) is 13.6 Å². The first kappa shape index (κ1) is 21.1. The molecule has 0 spiro atoms. The number of hydrogen-bond donors (Lipinski definition) is 3. The van der Waals surface area contributed by atoms with E-state index in [1.807, 2.05) is 5.32 Å². The summed E-state index contributed by atoms with van der Waals surface area (Å²) >= 11 is 0. The molecular weight excluding hydrogens is 362 g/mol. The number of nitrogens with two attached hydrogens (primary N) is 2. The fourth-order valence-electron chi connectivity index (χ4n) is 2.94. The molecule has 0 saturated heterocycles. The summed E-state index contributed by atoms with van der Waals surface area (Å²) in [6.07, 6.45) is 1.00. The van der Waals surface area contributed by atoms with Gasteiger partial charge in [-0.2, -0.15) is 0 Å². The number of carbonyl (C=O) groups excluding carboxylic acids is 1. The lowest BCUT2D eigenvalue weighted by atomic mass is 9.95. The second-order valence-corrected chi connectivity index (χ2v) is 8.48. The minimum Gasteiger partial charge on any atom is -0.332 e. The summed E-state index contributed by atoms with van der Waals surface area (Å²) in [5.41, 5.74) is 3.03. The molecule has 0 aromatic heterocycles. The summed E-state index contributed by atoms with van der Waals surface area (Å²) in [5, 5.41) is 9.88. The molecule has 1 amide bonds. The Labute approximate surface area is 161 Å². The molecule has 0 saturated carbocycles. The summed E-state index contributed by atoms with van der Waals surface area (Å²) in [5.74, 6) is 0.230. The number of quaternary nitrogens is 1. The van der Waals surface area contributed by atoms with Gasteiger partial charge in [0.05, 0.1) is 4.90 Å². The van der Waals surface area contributed by atoms with Crippen molar-refractivity contribution in [2.45, 2.75) is 38.1 Å². The summed E-state index contributed by atoms with van der Waals surface area (Å²) in [4.78, 5) is 12.3. The van der Waals surface area contributed by atoms with Crippen LogP contribution in [0, 0.1) is 5.92 Å². The van der Waals surface area contributed by atoms with Gasteiger partial charge >= 0.3 is 0 Å². The molecule has 0 bridgehead atoms. The number of carbonyl (C=O) groups is 1. The Morgan fingerprint density at radius 3 is 2.15 bits per heavy atom.